The van der Waals surface area contributed by atoms with Crippen molar-refractivity contribution in [1.29, 1.82) is 0 Å². The minimum Gasteiger partial charge on any atom is -0.494 e. The number of carbonyl (C=O) groups excluding carboxylic acids is 1. The van der Waals surface area contributed by atoms with Gasteiger partial charge in [0, 0.05) is 12.3 Å². The molecule has 0 aliphatic heterocycles. The van der Waals surface area contributed by atoms with E-state index < -0.39 is 5.82 Å². The molecule has 0 amide bonds. The van der Waals surface area contributed by atoms with Gasteiger partial charge in [0.1, 0.15) is 5.78 Å². The lowest BCUT2D eigenvalue weighted by molar-refractivity contribution is -0.125. The van der Waals surface area contributed by atoms with Crippen LogP contribution in [0.4, 0.5) is 4.39 Å². The standard InChI is InChI=1S/C11H11FO2/c1-14-11-5-2-7(6-9(11)12)8-3-4-10(8)13/h2,5-6,8H,3-4H2,1H3. The Kier molecular flexibility index (Phi) is 2.23. The fourth-order valence-electron chi connectivity index (χ4n) is 1.66. The predicted molar refractivity (Wildman–Crippen MR) is 49.9 cm³/mol. The second-order valence-corrected chi connectivity index (χ2v) is 3.45. The average Bonchev–Trinajstić information content (AvgIpc) is 2.16. The first-order valence-electron chi connectivity index (χ1n) is 4.58. The molecule has 0 heterocycles. The largest absolute Gasteiger partial charge is 0.494 e. The summed E-state index contributed by atoms with van der Waals surface area (Å²) < 4.78 is 18.1. The van der Waals surface area contributed by atoms with Crippen LogP contribution in [0, 0.1) is 5.82 Å². The molecule has 2 rings (SSSR count). The summed E-state index contributed by atoms with van der Waals surface area (Å²) in [5.74, 6) is -0.0600. The number of rotatable bonds is 2. The van der Waals surface area contributed by atoms with Gasteiger partial charge in [0.05, 0.1) is 7.11 Å². The first-order valence-corrected chi connectivity index (χ1v) is 4.58. The van der Waals surface area contributed by atoms with E-state index in [-0.39, 0.29) is 17.5 Å². The van der Waals surface area contributed by atoms with Gasteiger partial charge >= 0.3 is 0 Å². The fraction of sp³-hybridized carbons (Fsp3) is 0.364. The van der Waals surface area contributed by atoms with E-state index in [2.05, 4.69) is 0 Å². The van der Waals surface area contributed by atoms with E-state index in [1.165, 1.54) is 13.2 Å². The Labute approximate surface area is 81.7 Å². The fourth-order valence-corrected chi connectivity index (χ4v) is 1.66. The van der Waals surface area contributed by atoms with E-state index >= 15 is 0 Å². The van der Waals surface area contributed by atoms with E-state index in [1.54, 1.807) is 12.1 Å². The number of benzene rings is 1. The molecule has 3 heteroatoms. The van der Waals surface area contributed by atoms with Gasteiger partial charge in [-0.05, 0) is 24.1 Å². The topological polar surface area (TPSA) is 26.3 Å². The van der Waals surface area contributed by atoms with Crippen molar-refractivity contribution >= 4 is 5.78 Å². The highest BCUT2D eigenvalue weighted by Crippen LogP contribution is 2.34. The van der Waals surface area contributed by atoms with E-state index in [0.717, 1.165) is 12.0 Å². The molecule has 14 heavy (non-hydrogen) atoms. The van der Waals surface area contributed by atoms with Gasteiger partial charge in [-0.25, -0.2) is 4.39 Å². The Balaban J connectivity index is 2.28. The van der Waals surface area contributed by atoms with Crippen LogP contribution in [0.15, 0.2) is 18.2 Å². The van der Waals surface area contributed by atoms with Crippen molar-refractivity contribution in [1.82, 2.24) is 0 Å². The van der Waals surface area contributed by atoms with Crippen molar-refractivity contribution in [2.45, 2.75) is 18.8 Å². The van der Waals surface area contributed by atoms with Crippen LogP contribution in [0.3, 0.4) is 0 Å². The summed E-state index contributed by atoms with van der Waals surface area (Å²) in [7, 11) is 1.42. The van der Waals surface area contributed by atoms with Crippen LogP contribution < -0.4 is 4.74 Å². The van der Waals surface area contributed by atoms with Crippen molar-refractivity contribution in [3.8, 4) is 5.75 Å². The Morgan fingerprint density at radius 2 is 2.29 bits per heavy atom. The molecular formula is C11H11FO2. The number of Topliss-reactive ketones (excluding diaryl/α,β-unsaturated/α-hetero) is 1. The third-order valence-electron chi connectivity index (χ3n) is 2.65. The zero-order chi connectivity index (χ0) is 10.1. The first kappa shape index (κ1) is 9.19. The summed E-state index contributed by atoms with van der Waals surface area (Å²) in [5, 5.41) is 0. The van der Waals surface area contributed by atoms with Gasteiger partial charge < -0.3 is 4.74 Å². The second-order valence-electron chi connectivity index (χ2n) is 3.45. The minimum atomic E-state index is -0.398. The molecule has 1 aromatic rings. The van der Waals surface area contributed by atoms with Crippen LogP contribution in [0.25, 0.3) is 0 Å². The lowest BCUT2D eigenvalue weighted by atomic mass is 9.79. The molecule has 2 nitrogen and oxygen atoms in total. The molecule has 0 spiro atoms. The number of carbonyl (C=O) groups is 1. The third kappa shape index (κ3) is 1.39. The monoisotopic (exact) mass is 194 g/mol. The molecule has 74 valence electrons. The average molecular weight is 194 g/mol. The van der Waals surface area contributed by atoms with E-state index in [9.17, 15) is 9.18 Å². The van der Waals surface area contributed by atoms with Crippen LogP contribution in [0.2, 0.25) is 0 Å². The van der Waals surface area contributed by atoms with Gasteiger partial charge in [-0.15, -0.1) is 0 Å². The molecule has 1 aromatic carbocycles. The Hall–Kier alpha value is -1.38. The lowest BCUT2D eigenvalue weighted by Crippen LogP contribution is -2.23. The maximum Gasteiger partial charge on any atom is 0.165 e. The predicted octanol–water partition coefficient (Wildman–Crippen LogP) is 2.28. The van der Waals surface area contributed by atoms with Crippen LogP contribution in [0.1, 0.15) is 24.3 Å². The highest BCUT2D eigenvalue weighted by Gasteiger charge is 2.29. The van der Waals surface area contributed by atoms with Crippen LogP contribution in [-0.2, 0) is 4.79 Å². The third-order valence-corrected chi connectivity index (χ3v) is 2.65. The SMILES string of the molecule is COc1ccc(C2CCC2=O)cc1F. The molecule has 0 saturated heterocycles. The van der Waals surface area contributed by atoms with Gasteiger partial charge in [0.25, 0.3) is 0 Å². The number of hydrogen-bond donors (Lipinski definition) is 0. The molecule has 0 N–H and O–H groups in total. The highest BCUT2D eigenvalue weighted by atomic mass is 19.1. The molecule has 1 aliphatic rings. The normalized spacial score (nSPS) is 20.4. The van der Waals surface area contributed by atoms with Crippen LogP contribution >= 0.6 is 0 Å². The number of ether oxygens (including phenoxy) is 1. The maximum atomic E-state index is 13.3. The van der Waals surface area contributed by atoms with Crippen LogP contribution in [0.5, 0.6) is 5.75 Å². The summed E-state index contributed by atoms with van der Waals surface area (Å²) in [5.41, 5.74) is 0.763. The summed E-state index contributed by atoms with van der Waals surface area (Å²) in [6.07, 6.45) is 1.46. The summed E-state index contributed by atoms with van der Waals surface area (Å²) in [4.78, 5) is 11.1. The van der Waals surface area contributed by atoms with Gasteiger partial charge in [0.2, 0.25) is 0 Å². The van der Waals surface area contributed by atoms with E-state index in [0.29, 0.717) is 6.42 Å². The zero-order valence-corrected chi connectivity index (χ0v) is 7.92. The van der Waals surface area contributed by atoms with Gasteiger partial charge in [-0.3, -0.25) is 4.79 Å². The number of ketones is 1. The summed E-state index contributed by atoms with van der Waals surface area (Å²) in [6, 6.07) is 4.71. The van der Waals surface area contributed by atoms with E-state index in [4.69, 9.17) is 4.74 Å². The molecule has 0 radical (unpaired) electrons. The van der Waals surface area contributed by atoms with Crippen molar-refractivity contribution in [2.24, 2.45) is 0 Å². The minimum absolute atomic E-state index is 0.0876. The Bertz CT molecular complexity index is 374. The number of methoxy groups -OCH3 is 1. The Morgan fingerprint density at radius 3 is 2.71 bits per heavy atom. The van der Waals surface area contributed by atoms with E-state index in [1.807, 2.05) is 0 Å². The van der Waals surface area contributed by atoms with Crippen molar-refractivity contribution < 1.29 is 13.9 Å². The zero-order valence-electron chi connectivity index (χ0n) is 7.92. The molecule has 1 atom stereocenters. The second kappa shape index (κ2) is 3.40. The molecular weight excluding hydrogens is 183 g/mol. The first-order chi connectivity index (χ1) is 6.72. The molecule has 1 aliphatic carbocycles. The smallest absolute Gasteiger partial charge is 0.165 e. The summed E-state index contributed by atoms with van der Waals surface area (Å²) >= 11 is 0. The Morgan fingerprint density at radius 1 is 1.50 bits per heavy atom. The van der Waals surface area contributed by atoms with Gasteiger partial charge in [-0.2, -0.15) is 0 Å². The lowest BCUT2D eigenvalue weighted by Gasteiger charge is -2.24. The van der Waals surface area contributed by atoms with Crippen LogP contribution in [-0.4, -0.2) is 12.9 Å². The highest BCUT2D eigenvalue weighted by molar-refractivity contribution is 5.91. The number of halogens is 1. The van der Waals surface area contributed by atoms with Crippen molar-refractivity contribution in [3.63, 3.8) is 0 Å². The molecule has 1 unspecified atom stereocenters. The molecule has 1 saturated carbocycles. The molecule has 0 bridgehead atoms. The number of hydrogen-bond acceptors (Lipinski definition) is 2. The molecule has 1 fully saturated rings. The summed E-state index contributed by atoms with van der Waals surface area (Å²) in [6.45, 7) is 0. The molecule has 0 aromatic heterocycles. The van der Waals surface area contributed by atoms with Crippen molar-refractivity contribution in [2.75, 3.05) is 7.11 Å². The quantitative estimate of drug-likeness (QED) is 0.722. The van der Waals surface area contributed by atoms with Gasteiger partial charge in [0.15, 0.2) is 11.6 Å². The van der Waals surface area contributed by atoms with Gasteiger partial charge in [-0.1, -0.05) is 6.07 Å². The van der Waals surface area contributed by atoms with Crippen molar-refractivity contribution in [3.05, 3.63) is 29.6 Å². The maximum absolute atomic E-state index is 13.3.